The molecule has 0 aliphatic heterocycles. The molecule has 0 aliphatic carbocycles. The fraction of sp³-hybridized carbons (Fsp3) is 0.200. The SMILES string of the molecule is CN(C)C(=O)CCc1sc2ncnc(N)c2c1-c1ccc(NC(=O)Nc2ccc(F)c(C(F)(F)F)c2)cc1. The van der Waals surface area contributed by atoms with Crippen molar-refractivity contribution < 1.29 is 27.2 Å². The van der Waals surface area contributed by atoms with Gasteiger partial charge in [0.05, 0.1) is 10.9 Å². The van der Waals surface area contributed by atoms with Gasteiger partial charge >= 0.3 is 12.2 Å². The maximum Gasteiger partial charge on any atom is 0.419 e. The van der Waals surface area contributed by atoms with Crippen LogP contribution in [-0.2, 0) is 17.4 Å². The number of rotatable bonds is 6. The number of nitrogen functional groups attached to an aromatic ring is 1. The number of anilines is 3. The molecule has 4 aromatic rings. The van der Waals surface area contributed by atoms with Crippen molar-refractivity contribution in [2.24, 2.45) is 0 Å². The quantitative estimate of drug-likeness (QED) is 0.266. The number of carbonyl (C=O) groups is 2. The molecule has 4 rings (SSSR count). The zero-order chi connectivity index (χ0) is 27.6. The maximum atomic E-state index is 13.5. The Morgan fingerprint density at radius 2 is 1.68 bits per heavy atom. The first-order chi connectivity index (χ1) is 17.9. The number of hydrogen-bond acceptors (Lipinski definition) is 6. The first-order valence-electron chi connectivity index (χ1n) is 11.2. The molecule has 2 heterocycles. The number of nitrogens with zero attached hydrogens (tertiary/aromatic N) is 3. The minimum atomic E-state index is -4.90. The number of hydrogen-bond donors (Lipinski definition) is 3. The number of nitrogens with one attached hydrogen (secondary N) is 2. The Morgan fingerprint density at radius 3 is 2.34 bits per heavy atom. The van der Waals surface area contributed by atoms with E-state index in [2.05, 4.69) is 20.6 Å². The molecule has 198 valence electrons. The van der Waals surface area contributed by atoms with Crippen molar-refractivity contribution in [3.63, 3.8) is 0 Å². The molecule has 4 N–H and O–H groups in total. The fourth-order valence-electron chi connectivity index (χ4n) is 3.76. The van der Waals surface area contributed by atoms with E-state index in [4.69, 9.17) is 5.73 Å². The molecule has 0 spiro atoms. The molecular formula is C25H22F4N6O2S. The number of aromatic nitrogens is 2. The van der Waals surface area contributed by atoms with Crippen LogP contribution in [0.25, 0.3) is 21.3 Å². The van der Waals surface area contributed by atoms with Crippen molar-refractivity contribution in [1.82, 2.24) is 14.9 Å². The van der Waals surface area contributed by atoms with Crippen LogP contribution in [0.4, 0.5) is 39.5 Å². The van der Waals surface area contributed by atoms with E-state index in [-0.39, 0.29) is 11.6 Å². The first-order valence-corrected chi connectivity index (χ1v) is 12.0. The highest BCUT2D eigenvalue weighted by atomic mass is 32.1. The van der Waals surface area contributed by atoms with E-state index >= 15 is 0 Å². The molecule has 2 aromatic heterocycles. The summed E-state index contributed by atoms with van der Waals surface area (Å²) in [6, 6.07) is 8.08. The minimum absolute atomic E-state index is 0.0264. The fourth-order valence-corrected chi connectivity index (χ4v) is 4.93. The zero-order valence-corrected chi connectivity index (χ0v) is 21.0. The molecule has 0 radical (unpaired) electrons. The highest BCUT2D eigenvalue weighted by Crippen LogP contribution is 2.41. The van der Waals surface area contributed by atoms with Crippen LogP contribution in [0.1, 0.15) is 16.9 Å². The molecule has 13 heteroatoms. The second-order valence-corrected chi connectivity index (χ2v) is 9.56. The molecular weight excluding hydrogens is 524 g/mol. The number of carbonyl (C=O) groups excluding carboxylic acids is 2. The van der Waals surface area contributed by atoms with Crippen molar-refractivity contribution in [2.75, 3.05) is 30.5 Å². The summed E-state index contributed by atoms with van der Waals surface area (Å²) in [5, 5.41) is 5.46. The molecule has 8 nitrogen and oxygen atoms in total. The van der Waals surface area contributed by atoms with Gasteiger partial charge in [-0.05, 0) is 42.3 Å². The Bertz CT molecular complexity index is 1500. The lowest BCUT2D eigenvalue weighted by Crippen LogP contribution is -2.21. The number of alkyl halides is 3. The Morgan fingerprint density at radius 1 is 1.03 bits per heavy atom. The third-order valence-electron chi connectivity index (χ3n) is 5.62. The topological polar surface area (TPSA) is 113 Å². The molecule has 0 aliphatic rings. The molecule has 2 aromatic carbocycles. The van der Waals surface area contributed by atoms with E-state index in [0.29, 0.717) is 46.7 Å². The van der Waals surface area contributed by atoms with Crippen LogP contribution >= 0.6 is 11.3 Å². The van der Waals surface area contributed by atoms with E-state index in [1.54, 1.807) is 38.4 Å². The van der Waals surface area contributed by atoms with Crippen LogP contribution in [0, 0.1) is 5.82 Å². The number of nitrogens with two attached hydrogens (primary N) is 1. The lowest BCUT2D eigenvalue weighted by atomic mass is 10.0. The van der Waals surface area contributed by atoms with Gasteiger partial charge in [-0.1, -0.05) is 12.1 Å². The summed E-state index contributed by atoms with van der Waals surface area (Å²) in [5.41, 5.74) is 6.36. The predicted octanol–water partition coefficient (Wildman–Crippen LogP) is 5.76. The number of fused-ring (bicyclic) bond motifs is 1. The third-order valence-corrected chi connectivity index (χ3v) is 6.77. The smallest absolute Gasteiger partial charge is 0.383 e. The average molecular weight is 547 g/mol. The predicted molar refractivity (Wildman–Crippen MR) is 138 cm³/mol. The molecule has 0 fully saturated rings. The molecule has 0 bridgehead atoms. The summed E-state index contributed by atoms with van der Waals surface area (Å²) in [6.45, 7) is 0. The van der Waals surface area contributed by atoms with Gasteiger partial charge < -0.3 is 21.3 Å². The largest absolute Gasteiger partial charge is 0.419 e. The van der Waals surface area contributed by atoms with E-state index < -0.39 is 23.6 Å². The first kappa shape index (κ1) is 26.8. The monoisotopic (exact) mass is 546 g/mol. The summed E-state index contributed by atoms with van der Waals surface area (Å²) in [5.74, 6) is -1.16. The van der Waals surface area contributed by atoms with Crippen molar-refractivity contribution in [3.8, 4) is 11.1 Å². The summed E-state index contributed by atoms with van der Waals surface area (Å²) in [7, 11) is 3.37. The van der Waals surface area contributed by atoms with Gasteiger partial charge in [-0.15, -0.1) is 11.3 Å². The van der Waals surface area contributed by atoms with Gasteiger partial charge in [0.2, 0.25) is 5.91 Å². The van der Waals surface area contributed by atoms with Crippen LogP contribution in [-0.4, -0.2) is 40.9 Å². The third kappa shape index (κ3) is 5.83. The molecule has 0 saturated heterocycles. The second-order valence-electron chi connectivity index (χ2n) is 8.48. The lowest BCUT2D eigenvalue weighted by Gasteiger charge is -2.12. The van der Waals surface area contributed by atoms with Crippen molar-refractivity contribution >= 4 is 50.7 Å². The number of halogens is 4. The van der Waals surface area contributed by atoms with Gasteiger partial charge in [0, 0.05) is 42.3 Å². The minimum Gasteiger partial charge on any atom is -0.383 e. The molecule has 3 amide bonds. The van der Waals surface area contributed by atoms with Crippen LogP contribution < -0.4 is 16.4 Å². The zero-order valence-electron chi connectivity index (χ0n) is 20.2. The van der Waals surface area contributed by atoms with Gasteiger partial charge in [0.1, 0.15) is 22.8 Å². The highest BCUT2D eigenvalue weighted by Gasteiger charge is 2.34. The van der Waals surface area contributed by atoms with Gasteiger partial charge in [-0.3, -0.25) is 4.79 Å². The number of amides is 3. The van der Waals surface area contributed by atoms with Gasteiger partial charge in [-0.2, -0.15) is 13.2 Å². The summed E-state index contributed by atoms with van der Waals surface area (Å²) >= 11 is 1.42. The Balaban J connectivity index is 1.55. The highest BCUT2D eigenvalue weighted by molar-refractivity contribution is 7.19. The maximum absolute atomic E-state index is 13.5. The summed E-state index contributed by atoms with van der Waals surface area (Å²) in [6.07, 6.45) is -2.77. The molecule has 0 saturated carbocycles. The van der Waals surface area contributed by atoms with Gasteiger partial charge in [0.15, 0.2) is 0 Å². The molecule has 0 unspecified atom stereocenters. The van der Waals surface area contributed by atoms with E-state index in [1.165, 1.54) is 22.6 Å². The summed E-state index contributed by atoms with van der Waals surface area (Å²) in [4.78, 5) is 36.0. The number of benzene rings is 2. The summed E-state index contributed by atoms with van der Waals surface area (Å²) < 4.78 is 52.3. The van der Waals surface area contributed by atoms with Crippen LogP contribution in [0.15, 0.2) is 48.8 Å². The van der Waals surface area contributed by atoms with Crippen LogP contribution in [0.2, 0.25) is 0 Å². The second kappa shape index (κ2) is 10.6. The molecule has 0 atom stereocenters. The number of aryl methyl sites for hydroxylation is 1. The Kier molecular flexibility index (Phi) is 7.49. The number of thiophene rings is 1. The van der Waals surface area contributed by atoms with Crippen molar-refractivity contribution in [2.45, 2.75) is 19.0 Å². The van der Waals surface area contributed by atoms with E-state index in [9.17, 15) is 27.2 Å². The Hall–Kier alpha value is -4.26. The Labute approximate surface area is 218 Å². The van der Waals surface area contributed by atoms with E-state index in [1.807, 2.05) is 0 Å². The normalized spacial score (nSPS) is 11.4. The lowest BCUT2D eigenvalue weighted by molar-refractivity contribution is -0.140. The average Bonchev–Trinajstić information content (AvgIpc) is 3.23. The van der Waals surface area contributed by atoms with Crippen molar-refractivity contribution in [1.29, 1.82) is 0 Å². The van der Waals surface area contributed by atoms with Gasteiger partial charge in [-0.25, -0.2) is 19.2 Å². The van der Waals surface area contributed by atoms with Crippen LogP contribution in [0.3, 0.4) is 0 Å². The molecule has 38 heavy (non-hydrogen) atoms. The van der Waals surface area contributed by atoms with Crippen molar-refractivity contribution in [3.05, 3.63) is 65.0 Å². The number of urea groups is 1. The standard InChI is InChI=1S/C25H22F4N6O2S/c1-35(2)19(36)10-9-18-20(21-22(30)31-12-32-23(21)38-18)13-3-5-14(6-4-13)33-24(37)34-15-7-8-17(26)16(11-15)25(27,28)29/h3-8,11-12H,9-10H2,1-2H3,(H2,30,31,32)(H2,33,34,37). The van der Waals surface area contributed by atoms with Crippen LogP contribution in [0.5, 0.6) is 0 Å². The van der Waals surface area contributed by atoms with Gasteiger partial charge in [0.25, 0.3) is 0 Å². The van der Waals surface area contributed by atoms with E-state index in [0.717, 1.165) is 22.1 Å².